The van der Waals surface area contributed by atoms with Gasteiger partial charge in [-0.2, -0.15) is 0 Å². The van der Waals surface area contributed by atoms with Gasteiger partial charge in [-0.25, -0.2) is 0 Å². The second kappa shape index (κ2) is 6.66. The maximum atomic E-state index is 12.1. The summed E-state index contributed by atoms with van der Waals surface area (Å²) in [4.78, 5) is 12.1. The minimum absolute atomic E-state index is 0.212. The SMILES string of the molecule is O=C(CSC1CCCC1)N[C@@H]1CCCc2ccccc21. The number of thioether (sulfide) groups is 1. The highest BCUT2D eigenvalue weighted by Crippen LogP contribution is 2.31. The van der Waals surface area contributed by atoms with Gasteiger partial charge in [0.2, 0.25) is 5.91 Å². The lowest BCUT2D eigenvalue weighted by atomic mass is 9.88. The van der Waals surface area contributed by atoms with E-state index in [1.54, 1.807) is 0 Å². The second-order valence-electron chi connectivity index (χ2n) is 5.93. The number of hydrogen-bond donors (Lipinski definition) is 1. The van der Waals surface area contributed by atoms with Gasteiger partial charge in [-0.1, -0.05) is 37.1 Å². The zero-order valence-electron chi connectivity index (χ0n) is 11.9. The predicted octanol–water partition coefficient (Wildman–Crippen LogP) is 3.86. The summed E-state index contributed by atoms with van der Waals surface area (Å²) in [5.41, 5.74) is 2.74. The van der Waals surface area contributed by atoms with Crippen LogP contribution in [0.15, 0.2) is 24.3 Å². The standard InChI is InChI=1S/C17H23NOS/c19-17(12-20-14-8-2-3-9-14)18-16-11-5-7-13-6-1-4-10-15(13)16/h1,4,6,10,14,16H,2-3,5,7-9,11-12H2,(H,18,19)/t16-/m1/s1. The number of amides is 1. The molecule has 0 aromatic heterocycles. The fraction of sp³-hybridized carbons (Fsp3) is 0.588. The highest BCUT2D eigenvalue weighted by atomic mass is 32.2. The largest absolute Gasteiger partial charge is 0.349 e. The number of nitrogens with one attached hydrogen (secondary N) is 1. The van der Waals surface area contributed by atoms with Crippen molar-refractivity contribution in [2.45, 2.75) is 56.2 Å². The molecule has 3 rings (SSSR count). The van der Waals surface area contributed by atoms with Crippen LogP contribution in [0.5, 0.6) is 0 Å². The second-order valence-corrected chi connectivity index (χ2v) is 7.22. The summed E-state index contributed by atoms with van der Waals surface area (Å²) in [6.07, 6.45) is 8.69. The van der Waals surface area contributed by atoms with E-state index in [0.29, 0.717) is 5.75 Å². The minimum Gasteiger partial charge on any atom is -0.349 e. The normalized spacial score (nSPS) is 22.5. The molecule has 2 aliphatic carbocycles. The zero-order valence-corrected chi connectivity index (χ0v) is 12.8. The Kier molecular flexibility index (Phi) is 4.66. The Morgan fingerprint density at radius 1 is 1.15 bits per heavy atom. The molecular weight excluding hydrogens is 266 g/mol. The Morgan fingerprint density at radius 3 is 2.80 bits per heavy atom. The van der Waals surface area contributed by atoms with Crippen molar-refractivity contribution >= 4 is 17.7 Å². The fourth-order valence-electron chi connectivity index (χ4n) is 3.39. The van der Waals surface area contributed by atoms with Crippen molar-refractivity contribution < 1.29 is 4.79 Å². The molecule has 1 amide bonds. The summed E-state index contributed by atoms with van der Waals surface area (Å²) in [7, 11) is 0. The molecule has 2 aliphatic rings. The number of rotatable bonds is 4. The van der Waals surface area contributed by atoms with Crippen molar-refractivity contribution in [2.75, 3.05) is 5.75 Å². The summed E-state index contributed by atoms with van der Waals surface area (Å²) in [5.74, 6) is 0.840. The lowest BCUT2D eigenvalue weighted by molar-refractivity contribution is -0.119. The molecule has 0 spiro atoms. The average Bonchev–Trinajstić information content (AvgIpc) is 2.99. The lowest BCUT2D eigenvalue weighted by Crippen LogP contribution is -2.32. The van der Waals surface area contributed by atoms with E-state index >= 15 is 0 Å². The van der Waals surface area contributed by atoms with Gasteiger partial charge in [-0.3, -0.25) is 4.79 Å². The molecule has 0 bridgehead atoms. The van der Waals surface area contributed by atoms with E-state index in [9.17, 15) is 4.79 Å². The van der Waals surface area contributed by atoms with E-state index < -0.39 is 0 Å². The van der Waals surface area contributed by atoms with Crippen LogP contribution in [0.2, 0.25) is 0 Å². The Labute approximate surface area is 125 Å². The van der Waals surface area contributed by atoms with Crippen molar-refractivity contribution in [2.24, 2.45) is 0 Å². The van der Waals surface area contributed by atoms with Crippen molar-refractivity contribution in [1.82, 2.24) is 5.32 Å². The van der Waals surface area contributed by atoms with E-state index in [4.69, 9.17) is 0 Å². The first kappa shape index (κ1) is 14.0. The highest BCUT2D eigenvalue weighted by molar-refractivity contribution is 8.00. The molecule has 1 N–H and O–H groups in total. The zero-order chi connectivity index (χ0) is 13.8. The highest BCUT2D eigenvalue weighted by Gasteiger charge is 2.22. The molecule has 0 unspecified atom stereocenters. The van der Waals surface area contributed by atoms with Crippen LogP contribution in [0.3, 0.4) is 0 Å². The first-order valence-electron chi connectivity index (χ1n) is 7.82. The summed E-state index contributed by atoms with van der Waals surface area (Å²) in [6, 6.07) is 8.77. The van der Waals surface area contributed by atoms with Gasteiger partial charge in [0.1, 0.15) is 0 Å². The maximum Gasteiger partial charge on any atom is 0.230 e. The van der Waals surface area contributed by atoms with Gasteiger partial charge in [0, 0.05) is 5.25 Å². The Morgan fingerprint density at radius 2 is 1.95 bits per heavy atom. The molecule has 20 heavy (non-hydrogen) atoms. The third-order valence-corrected chi connectivity index (χ3v) is 5.83. The molecule has 108 valence electrons. The summed E-state index contributed by atoms with van der Waals surface area (Å²) in [6.45, 7) is 0. The van der Waals surface area contributed by atoms with E-state index in [2.05, 4.69) is 29.6 Å². The molecular formula is C17H23NOS. The van der Waals surface area contributed by atoms with Crippen LogP contribution >= 0.6 is 11.8 Å². The lowest BCUT2D eigenvalue weighted by Gasteiger charge is -2.26. The van der Waals surface area contributed by atoms with Crippen molar-refractivity contribution in [3.05, 3.63) is 35.4 Å². The maximum absolute atomic E-state index is 12.1. The molecule has 1 fully saturated rings. The first-order valence-corrected chi connectivity index (χ1v) is 8.86. The number of carbonyl (C=O) groups excluding carboxylic acids is 1. The number of fused-ring (bicyclic) bond motifs is 1. The molecule has 1 atom stereocenters. The molecule has 1 aromatic rings. The predicted molar refractivity (Wildman–Crippen MR) is 85.0 cm³/mol. The van der Waals surface area contributed by atoms with Crippen molar-refractivity contribution in [3.63, 3.8) is 0 Å². The minimum atomic E-state index is 0.212. The Hall–Kier alpha value is -0.960. The molecule has 0 heterocycles. The van der Waals surface area contributed by atoms with Crippen LogP contribution in [0.4, 0.5) is 0 Å². The number of hydrogen-bond acceptors (Lipinski definition) is 2. The summed E-state index contributed by atoms with van der Waals surface area (Å²) in [5, 5.41) is 3.96. The monoisotopic (exact) mass is 289 g/mol. The summed E-state index contributed by atoms with van der Waals surface area (Å²) < 4.78 is 0. The molecule has 0 radical (unpaired) electrons. The molecule has 1 aromatic carbocycles. The summed E-state index contributed by atoms with van der Waals surface area (Å²) >= 11 is 1.85. The molecule has 1 saturated carbocycles. The van der Waals surface area contributed by atoms with Crippen LogP contribution in [0.1, 0.15) is 55.7 Å². The van der Waals surface area contributed by atoms with Gasteiger partial charge in [0.15, 0.2) is 0 Å². The van der Waals surface area contributed by atoms with Crippen LogP contribution in [0.25, 0.3) is 0 Å². The van der Waals surface area contributed by atoms with Gasteiger partial charge in [0.05, 0.1) is 11.8 Å². The molecule has 0 aliphatic heterocycles. The van der Waals surface area contributed by atoms with E-state index in [1.807, 2.05) is 11.8 Å². The topological polar surface area (TPSA) is 29.1 Å². The molecule has 0 saturated heterocycles. The molecule has 2 nitrogen and oxygen atoms in total. The Bertz CT molecular complexity index is 468. The van der Waals surface area contributed by atoms with Gasteiger partial charge in [-0.15, -0.1) is 11.8 Å². The fourth-order valence-corrected chi connectivity index (χ4v) is 4.53. The Balaban J connectivity index is 1.54. The van der Waals surface area contributed by atoms with E-state index in [-0.39, 0.29) is 11.9 Å². The van der Waals surface area contributed by atoms with E-state index in [1.165, 1.54) is 43.2 Å². The van der Waals surface area contributed by atoms with Crippen molar-refractivity contribution in [3.8, 4) is 0 Å². The smallest absolute Gasteiger partial charge is 0.230 e. The average molecular weight is 289 g/mol. The number of benzene rings is 1. The van der Waals surface area contributed by atoms with Crippen LogP contribution in [-0.4, -0.2) is 16.9 Å². The number of aryl methyl sites for hydroxylation is 1. The van der Waals surface area contributed by atoms with E-state index in [0.717, 1.165) is 18.1 Å². The van der Waals surface area contributed by atoms with Gasteiger partial charge < -0.3 is 5.32 Å². The third kappa shape index (κ3) is 3.38. The van der Waals surface area contributed by atoms with Crippen LogP contribution < -0.4 is 5.32 Å². The number of carbonyl (C=O) groups is 1. The van der Waals surface area contributed by atoms with Crippen LogP contribution in [-0.2, 0) is 11.2 Å². The third-order valence-electron chi connectivity index (χ3n) is 4.46. The van der Waals surface area contributed by atoms with Gasteiger partial charge >= 0.3 is 0 Å². The van der Waals surface area contributed by atoms with Crippen LogP contribution in [0, 0.1) is 0 Å². The van der Waals surface area contributed by atoms with Crippen molar-refractivity contribution in [1.29, 1.82) is 0 Å². The quantitative estimate of drug-likeness (QED) is 0.912. The van der Waals surface area contributed by atoms with Gasteiger partial charge in [-0.05, 0) is 43.2 Å². The van der Waals surface area contributed by atoms with Gasteiger partial charge in [0.25, 0.3) is 0 Å². The molecule has 3 heteroatoms. The first-order chi connectivity index (χ1) is 9.83.